The molecule has 0 spiro atoms. The Morgan fingerprint density at radius 3 is 1.79 bits per heavy atom. The maximum Gasteiger partial charge on any atom is 0.306 e. The van der Waals surface area contributed by atoms with Crippen LogP contribution in [-0.4, -0.2) is 142 Å². The summed E-state index contributed by atoms with van der Waals surface area (Å²) >= 11 is 0. The van der Waals surface area contributed by atoms with Crippen LogP contribution in [0.3, 0.4) is 0 Å². The van der Waals surface area contributed by atoms with Crippen LogP contribution in [0, 0.1) is 0 Å². The first kappa shape index (κ1) is 47.1. The molecule has 53 heavy (non-hydrogen) atoms. The van der Waals surface area contributed by atoms with E-state index in [0.29, 0.717) is 12.8 Å². The lowest BCUT2D eigenvalue weighted by Crippen LogP contribution is -2.61. The molecule has 0 aromatic heterocycles. The van der Waals surface area contributed by atoms with Crippen LogP contribution in [0.15, 0.2) is 24.3 Å². The zero-order valence-electron chi connectivity index (χ0n) is 31.5. The van der Waals surface area contributed by atoms with Crippen molar-refractivity contribution < 1.29 is 73.8 Å². The van der Waals surface area contributed by atoms with Gasteiger partial charge in [0.05, 0.1) is 19.8 Å². The number of rotatable bonds is 27. The molecule has 0 amide bonds. The van der Waals surface area contributed by atoms with E-state index in [2.05, 4.69) is 31.2 Å². The van der Waals surface area contributed by atoms with Gasteiger partial charge in [0.15, 0.2) is 18.7 Å². The lowest BCUT2D eigenvalue weighted by Gasteiger charge is -2.42. The largest absolute Gasteiger partial charge is 0.462 e. The van der Waals surface area contributed by atoms with Crippen molar-refractivity contribution in [2.75, 3.05) is 26.4 Å². The van der Waals surface area contributed by atoms with Gasteiger partial charge in [0.2, 0.25) is 0 Å². The summed E-state index contributed by atoms with van der Waals surface area (Å²) in [5, 5.41) is 71.2. The molecule has 0 aromatic carbocycles. The van der Waals surface area contributed by atoms with Crippen molar-refractivity contribution in [2.24, 2.45) is 0 Å². The molecule has 0 aromatic rings. The Kier molecular flexibility index (Phi) is 24.5. The van der Waals surface area contributed by atoms with Crippen molar-refractivity contribution in [1.29, 1.82) is 0 Å². The normalized spacial score (nSPS) is 29.8. The van der Waals surface area contributed by atoms with Crippen molar-refractivity contribution in [3.05, 3.63) is 24.3 Å². The zero-order chi connectivity index (χ0) is 39.0. The number of ether oxygens (including phenoxy) is 6. The molecule has 11 atom stereocenters. The van der Waals surface area contributed by atoms with Gasteiger partial charge in [0.1, 0.15) is 55.4 Å². The number of esters is 2. The summed E-state index contributed by atoms with van der Waals surface area (Å²) in [6, 6.07) is 0. The lowest BCUT2D eigenvalue weighted by molar-refractivity contribution is -0.332. The van der Waals surface area contributed by atoms with Crippen LogP contribution < -0.4 is 0 Å². The number of carbonyl (C=O) groups is 2. The fourth-order valence-corrected chi connectivity index (χ4v) is 5.87. The smallest absolute Gasteiger partial charge is 0.306 e. The van der Waals surface area contributed by atoms with Crippen LogP contribution in [0.4, 0.5) is 0 Å². The maximum atomic E-state index is 12.7. The van der Waals surface area contributed by atoms with Gasteiger partial charge in [-0.3, -0.25) is 9.59 Å². The van der Waals surface area contributed by atoms with Crippen molar-refractivity contribution in [3.8, 4) is 0 Å². The van der Waals surface area contributed by atoms with Crippen LogP contribution >= 0.6 is 0 Å². The van der Waals surface area contributed by atoms with Gasteiger partial charge in [-0.15, -0.1) is 0 Å². The first-order valence-electron chi connectivity index (χ1n) is 19.4. The predicted molar refractivity (Wildman–Crippen MR) is 192 cm³/mol. The third-order valence-electron chi connectivity index (χ3n) is 9.15. The summed E-state index contributed by atoms with van der Waals surface area (Å²) in [5.41, 5.74) is 0. The van der Waals surface area contributed by atoms with Gasteiger partial charge in [0.25, 0.3) is 0 Å². The average molecular weight is 763 g/mol. The standard InChI is InChI=1S/C38H66O15/c1-3-5-6-7-8-9-10-11-12-13-14-15-16-17-18-19-21-30(41)51-26(23-48-29(40)20-4-2)24-49-37-36(47)34(45)32(43)28(53-37)25-50-38-35(46)33(44)31(42)27(22-39)52-38/h9-10,12-13,26-28,31-39,42-47H,3-8,11,14-25H2,1-2H3/b10-9-,13-12-. The van der Waals surface area contributed by atoms with Crippen molar-refractivity contribution in [1.82, 2.24) is 0 Å². The van der Waals surface area contributed by atoms with E-state index in [-0.39, 0.29) is 19.4 Å². The second-order valence-corrected chi connectivity index (χ2v) is 13.8. The molecule has 0 bridgehead atoms. The Labute approximate surface area is 313 Å². The van der Waals surface area contributed by atoms with E-state index < -0.39 is 99.3 Å². The molecule has 0 radical (unpaired) electrons. The molecule has 2 fully saturated rings. The number of hydrogen-bond acceptors (Lipinski definition) is 15. The third kappa shape index (κ3) is 18.0. The summed E-state index contributed by atoms with van der Waals surface area (Å²) in [6.45, 7) is 2.11. The van der Waals surface area contributed by atoms with E-state index >= 15 is 0 Å². The number of unbranched alkanes of at least 4 members (excludes halogenated alkanes) is 9. The molecular weight excluding hydrogens is 696 g/mol. The van der Waals surface area contributed by atoms with E-state index in [1.165, 1.54) is 25.7 Å². The molecule has 2 heterocycles. The van der Waals surface area contributed by atoms with Crippen LogP contribution in [0.2, 0.25) is 0 Å². The maximum absolute atomic E-state index is 12.7. The van der Waals surface area contributed by atoms with Crippen molar-refractivity contribution >= 4 is 11.9 Å². The minimum atomic E-state index is -1.76. The van der Waals surface area contributed by atoms with Gasteiger partial charge in [-0.05, 0) is 44.9 Å². The highest BCUT2D eigenvalue weighted by molar-refractivity contribution is 5.70. The number of aliphatic hydroxyl groups excluding tert-OH is 7. The van der Waals surface area contributed by atoms with Gasteiger partial charge in [0, 0.05) is 12.8 Å². The second kappa shape index (κ2) is 27.5. The number of allylic oxidation sites excluding steroid dienone is 4. The topological polar surface area (TPSA) is 231 Å². The van der Waals surface area contributed by atoms with E-state index in [0.717, 1.165) is 44.9 Å². The minimum absolute atomic E-state index is 0.148. The summed E-state index contributed by atoms with van der Waals surface area (Å²) < 4.78 is 32.8. The number of hydrogen-bond donors (Lipinski definition) is 7. The molecular formula is C38H66O15. The Bertz CT molecular complexity index is 1040. The Morgan fingerprint density at radius 1 is 0.604 bits per heavy atom. The SMILES string of the molecule is CCCCCC/C=C\C/C=C\CCCCCCCC(=O)OC(COC(=O)CCC)COC1OC(COC2OC(CO)C(O)C(O)C2O)C(O)C(O)C1O. The van der Waals surface area contributed by atoms with Crippen molar-refractivity contribution in [2.45, 2.75) is 178 Å². The molecule has 2 aliphatic rings. The van der Waals surface area contributed by atoms with Gasteiger partial charge >= 0.3 is 11.9 Å². The van der Waals surface area contributed by atoms with Gasteiger partial charge in [-0.1, -0.05) is 76.7 Å². The van der Waals surface area contributed by atoms with Gasteiger partial charge in [-0.2, -0.15) is 0 Å². The van der Waals surface area contributed by atoms with E-state index in [4.69, 9.17) is 28.4 Å². The van der Waals surface area contributed by atoms with Crippen LogP contribution in [0.1, 0.15) is 110 Å². The highest BCUT2D eigenvalue weighted by Gasteiger charge is 2.47. The van der Waals surface area contributed by atoms with Crippen LogP contribution in [0.25, 0.3) is 0 Å². The summed E-state index contributed by atoms with van der Waals surface area (Å²) in [7, 11) is 0. The molecule has 308 valence electrons. The Hall–Kier alpha value is -2.02. The average Bonchev–Trinajstić information content (AvgIpc) is 3.14. The molecule has 2 saturated heterocycles. The van der Waals surface area contributed by atoms with Crippen LogP contribution in [0.5, 0.6) is 0 Å². The Morgan fingerprint density at radius 2 is 1.17 bits per heavy atom. The summed E-state index contributed by atoms with van der Waals surface area (Å²) in [5.74, 6) is -1.01. The third-order valence-corrected chi connectivity index (χ3v) is 9.15. The molecule has 15 heteroatoms. The predicted octanol–water partition coefficient (Wildman–Crippen LogP) is 2.09. The van der Waals surface area contributed by atoms with Gasteiger partial charge in [-0.25, -0.2) is 0 Å². The number of aliphatic hydroxyl groups is 7. The second-order valence-electron chi connectivity index (χ2n) is 13.8. The van der Waals surface area contributed by atoms with Crippen LogP contribution in [-0.2, 0) is 38.0 Å². The molecule has 0 saturated carbocycles. The monoisotopic (exact) mass is 762 g/mol. The lowest BCUT2D eigenvalue weighted by atomic mass is 9.98. The first-order chi connectivity index (χ1) is 25.5. The fraction of sp³-hybridized carbons (Fsp3) is 0.842. The highest BCUT2D eigenvalue weighted by Crippen LogP contribution is 2.26. The molecule has 0 aliphatic carbocycles. The molecule has 2 aliphatic heterocycles. The highest BCUT2D eigenvalue weighted by atomic mass is 16.7. The van der Waals surface area contributed by atoms with E-state index in [1.54, 1.807) is 0 Å². The van der Waals surface area contributed by atoms with E-state index in [1.807, 2.05) is 6.92 Å². The fourth-order valence-electron chi connectivity index (χ4n) is 5.87. The minimum Gasteiger partial charge on any atom is -0.462 e. The number of carbonyl (C=O) groups excluding carboxylic acids is 2. The Balaban J connectivity index is 1.78. The van der Waals surface area contributed by atoms with Crippen molar-refractivity contribution in [3.63, 3.8) is 0 Å². The summed E-state index contributed by atoms with van der Waals surface area (Å²) in [4.78, 5) is 24.7. The molecule has 11 unspecified atom stereocenters. The molecule has 15 nitrogen and oxygen atoms in total. The molecule has 2 rings (SSSR count). The van der Waals surface area contributed by atoms with Gasteiger partial charge < -0.3 is 64.2 Å². The first-order valence-corrected chi connectivity index (χ1v) is 19.4. The van der Waals surface area contributed by atoms with E-state index in [9.17, 15) is 45.3 Å². The molecule has 7 N–H and O–H groups in total. The summed E-state index contributed by atoms with van der Waals surface area (Å²) in [6.07, 6.45) is 5.71. The zero-order valence-corrected chi connectivity index (χ0v) is 31.5. The quantitative estimate of drug-likeness (QED) is 0.0361.